The largest absolute Gasteiger partial charge is 0.443 e. The number of ether oxygens (including phenoxy) is 1. The van der Waals surface area contributed by atoms with E-state index in [9.17, 15) is 13.2 Å². The van der Waals surface area contributed by atoms with Gasteiger partial charge < -0.3 is 4.74 Å². The number of anilines is 1. The Morgan fingerprint density at radius 1 is 1.21 bits per heavy atom. The summed E-state index contributed by atoms with van der Waals surface area (Å²) in [7, 11) is -3.72. The van der Waals surface area contributed by atoms with Crippen molar-refractivity contribution in [3.8, 4) is 0 Å². The fraction of sp³-hybridized carbons (Fsp3) is 0.538. The lowest BCUT2D eigenvalue weighted by Crippen LogP contribution is -2.44. The van der Waals surface area contributed by atoms with Gasteiger partial charge in [-0.1, -0.05) is 37.1 Å². The van der Waals surface area contributed by atoms with Crippen molar-refractivity contribution in [1.29, 1.82) is 0 Å². The summed E-state index contributed by atoms with van der Waals surface area (Å²) in [6.45, 7) is 11.8. The Kier molecular flexibility index (Phi) is 8.03. The van der Waals surface area contributed by atoms with Crippen LogP contribution in [0.3, 0.4) is 0 Å². The minimum Gasteiger partial charge on any atom is -0.443 e. The average Bonchev–Trinajstić information content (AvgIpc) is 2.78. The van der Waals surface area contributed by atoms with Crippen LogP contribution in [0.2, 0.25) is 0 Å². The van der Waals surface area contributed by atoms with Gasteiger partial charge in [-0.3, -0.25) is 4.90 Å². The number of piperidine rings is 1. The van der Waals surface area contributed by atoms with E-state index in [4.69, 9.17) is 4.74 Å². The molecule has 2 atom stereocenters. The Labute approximate surface area is 204 Å². The first-order valence-corrected chi connectivity index (χ1v) is 13.5. The second-order valence-electron chi connectivity index (χ2n) is 9.96. The number of benzene rings is 1. The lowest BCUT2D eigenvalue weighted by atomic mass is 9.97. The normalized spacial score (nSPS) is 18.4. The SMILES string of the molecule is CC[C@H](C)N(C(=O)OC(C)(C)C)c1ncccc1[C@H]1CCCCN1S(=O)(=O)c1ccc(C)cc1. The summed E-state index contributed by atoms with van der Waals surface area (Å²) in [5.41, 5.74) is 1.07. The maximum atomic E-state index is 13.7. The van der Waals surface area contributed by atoms with E-state index in [1.165, 1.54) is 0 Å². The number of aromatic nitrogens is 1. The Morgan fingerprint density at radius 3 is 2.50 bits per heavy atom. The highest BCUT2D eigenvalue weighted by Gasteiger charge is 2.38. The van der Waals surface area contributed by atoms with Crippen LogP contribution in [0.25, 0.3) is 0 Å². The third-order valence-corrected chi connectivity index (χ3v) is 8.03. The number of amides is 1. The number of carbonyl (C=O) groups is 1. The van der Waals surface area contributed by atoms with Gasteiger partial charge in [0.15, 0.2) is 0 Å². The summed E-state index contributed by atoms with van der Waals surface area (Å²) in [6, 6.07) is 10.0. The number of aryl methyl sites for hydroxylation is 1. The molecule has 0 spiro atoms. The molecular formula is C26H37N3O4S. The first-order valence-electron chi connectivity index (χ1n) is 12.0. The number of pyridine rings is 1. The number of sulfonamides is 1. The highest BCUT2D eigenvalue weighted by molar-refractivity contribution is 7.89. The van der Waals surface area contributed by atoms with E-state index in [0.717, 1.165) is 24.0 Å². The molecule has 0 N–H and O–H groups in total. The summed E-state index contributed by atoms with van der Waals surface area (Å²) in [5, 5.41) is 0. The summed E-state index contributed by atoms with van der Waals surface area (Å²) in [5.74, 6) is 0.460. The van der Waals surface area contributed by atoms with E-state index in [1.54, 1.807) is 33.6 Å². The fourth-order valence-electron chi connectivity index (χ4n) is 4.19. The van der Waals surface area contributed by atoms with Crippen LogP contribution in [0.15, 0.2) is 47.5 Å². The predicted molar refractivity (Wildman–Crippen MR) is 134 cm³/mol. The Balaban J connectivity index is 2.08. The maximum Gasteiger partial charge on any atom is 0.416 e. The number of carbonyl (C=O) groups excluding carboxylic acids is 1. The number of nitrogens with zero attached hydrogens (tertiary/aromatic N) is 3. The first kappa shape index (κ1) is 26.2. The van der Waals surface area contributed by atoms with Crippen LogP contribution in [-0.2, 0) is 14.8 Å². The zero-order chi connectivity index (χ0) is 25.1. The van der Waals surface area contributed by atoms with Crippen molar-refractivity contribution in [1.82, 2.24) is 9.29 Å². The molecule has 0 bridgehead atoms. The zero-order valence-electron chi connectivity index (χ0n) is 21.1. The molecule has 34 heavy (non-hydrogen) atoms. The van der Waals surface area contributed by atoms with Crippen LogP contribution in [0, 0.1) is 6.92 Å². The van der Waals surface area contributed by atoms with Crippen molar-refractivity contribution in [2.24, 2.45) is 0 Å². The first-order chi connectivity index (χ1) is 16.0. The van der Waals surface area contributed by atoms with Gasteiger partial charge in [0.05, 0.1) is 10.9 Å². The van der Waals surface area contributed by atoms with Crippen LogP contribution < -0.4 is 4.90 Å². The lowest BCUT2D eigenvalue weighted by molar-refractivity contribution is 0.0565. The van der Waals surface area contributed by atoms with Crippen LogP contribution >= 0.6 is 0 Å². The van der Waals surface area contributed by atoms with Crippen molar-refractivity contribution >= 4 is 21.9 Å². The molecule has 2 aromatic rings. The molecule has 1 aliphatic heterocycles. The molecule has 2 heterocycles. The van der Waals surface area contributed by atoms with Crippen molar-refractivity contribution in [2.45, 2.75) is 89.8 Å². The summed E-state index contributed by atoms with van der Waals surface area (Å²) >= 11 is 0. The summed E-state index contributed by atoms with van der Waals surface area (Å²) in [6.07, 6.45) is 4.20. The van der Waals surface area contributed by atoms with Gasteiger partial charge >= 0.3 is 6.09 Å². The van der Waals surface area contributed by atoms with Crippen LogP contribution in [-0.4, -0.2) is 42.0 Å². The average molecular weight is 488 g/mol. The molecule has 1 amide bonds. The maximum absolute atomic E-state index is 13.7. The van der Waals surface area contributed by atoms with Crippen LogP contribution in [0.4, 0.5) is 10.6 Å². The summed E-state index contributed by atoms with van der Waals surface area (Å²) < 4.78 is 34.6. The molecule has 0 unspecified atom stereocenters. The predicted octanol–water partition coefficient (Wildman–Crippen LogP) is 5.85. The smallest absolute Gasteiger partial charge is 0.416 e. The second kappa shape index (κ2) is 10.4. The van der Waals surface area contributed by atoms with E-state index < -0.39 is 27.8 Å². The van der Waals surface area contributed by atoms with E-state index in [0.29, 0.717) is 25.2 Å². The molecule has 0 saturated carbocycles. The van der Waals surface area contributed by atoms with E-state index in [1.807, 2.05) is 59.7 Å². The fourth-order valence-corrected chi connectivity index (χ4v) is 5.86. The number of rotatable bonds is 6. The molecule has 1 fully saturated rings. The summed E-state index contributed by atoms with van der Waals surface area (Å²) in [4.78, 5) is 19.7. The number of hydrogen-bond donors (Lipinski definition) is 0. The van der Waals surface area contributed by atoms with Crippen molar-refractivity contribution in [3.05, 3.63) is 53.7 Å². The van der Waals surface area contributed by atoms with Gasteiger partial charge in [-0.25, -0.2) is 18.2 Å². The molecule has 0 radical (unpaired) electrons. The number of hydrogen-bond acceptors (Lipinski definition) is 5. The van der Waals surface area contributed by atoms with Gasteiger partial charge in [-0.15, -0.1) is 0 Å². The van der Waals surface area contributed by atoms with E-state index in [2.05, 4.69) is 4.98 Å². The molecule has 1 aromatic heterocycles. The van der Waals surface area contributed by atoms with Gasteiger partial charge in [0.1, 0.15) is 11.4 Å². The van der Waals surface area contributed by atoms with Crippen molar-refractivity contribution in [3.63, 3.8) is 0 Å². The minimum atomic E-state index is -3.72. The van der Waals surface area contributed by atoms with Gasteiger partial charge in [0, 0.05) is 24.3 Å². The third kappa shape index (κ3) is 5.78. The molecular weight excluding hydrogens is 450 g/mol. The Bertz CT molecular complexity index is 1090. The minimum absolute atomic E-state index is 0.172. The van der Waals surface area contributed by atoms with Gasteiger partial charge in [0.25, 0.3) is 0 Å². The highest BCUT2D eigenvalue weighted by atomic mass is 32.2. The monoisotopic (exact) mass is 487 g/mol. The molecule has 3 rings (SSSR count). The third-order valence-electron chi connectivity index (χ3n) is 6.11. The van der Waals surface area contributed by atoms with E-state index in [-0.39, 0.29) is 10.9 Å². The molecule has 186 valence electrons. The van der Waals surface area contributed by atoms with Crippen molar-refractivity contribution in [2.75, 3.05) is 11.4 Å². The van der Waals surface area contributed by atoms with Gasteiger partial charge in [-0.2, -0.15) is 4.31 Å². The highest BCUT2D eigenvalue weighted by Crippen LogP contribution is 2.39. The van der Waals surface area contributed by atoms with Crippen molar-refractivity contribution < 1.29 is 17.9 Å². The van der Waals surface area contributed by atoms with Gasteiger partial charge in [-0.05, 0) is 72.1 Å². The molecule has 7 nitrogen and oxygen atoms in total. The molecule has 1 aliphatic rings. The zero-order valence-corrected chi connectivity index (χ0v) is 21.9. The molecule has 1 saturated heterocycles. The van der Waals surface area contributed by atoms with Crippen LogP contribution in [0.5, 0.6) is 0 Å². The van der Waals surface area contributed by atoms with Crippen LogP contribution in [0.1, 0.15) is 77.5 Å². The quantitative estimate of drug-likeness (QED) is 0.511. The molecule has 8 heteroatoms. The second-order valence-corrected chi connectivity index (χ2v) is 11.9. The standard InChI is InChI=1S/C26H37N3O4S/c1-7-20(3)29(25(30)33-26(4,5)6)24-22(11-10-17-27-24)23-12-8-9-18-28(23)34(31,32)21-15-13-19(2)14-16-21/h10-11,13-17,20,23H,7-9,12,18H2,1-6H3/t20-,23+/m0/s1. The molecule has 0 aliphatic carbocycles. The van der Waals surface area contributed by atoms with E-state index >= 15 is 0 Å². The lowest BCUT2D eigenvalue weighted by Gasteiger charge is -2.38. The molecule has 1 aromatic carbocycles. The Hall–Kier alpha value is -2.45. The van der Waals surface area contributed by atoms with Gasteiger partial charge in [0.2, 0.25) is 10.0 Å². The Morgan fingerprint density at radius 2 is 1.88 bits per heavy atom. The topological polar surface area (TPSA) is 79.8 Å².